The molecular formula is C28H35N5O4. The van der Waals surface area contributed by atoms with Crippen LogP contribution in [-0.4, -0.2) is 59.7 Å². The van der Waals surface area contributed by atoms with Crippen LogP contribution in [0, 0.1) is 0 Å². The van der Waals surface area contributed by atoms with Gasteiger partial charge in [-0.1, -0.05) is 38.5 Å². The summed E-state index contributed by atoms with van der Waals surface area (Å²) in [5, 5.41) is 12.1. The van der Waals surface area contributed by atoms with E-state index in [1.165, 1.54) is 7.11 Å². The summed E-state index contributed by atoms with van der Waals surface area (Å²) in [5.74, 6) is 1.32. The summed E-state index contributed by atoms with van der Waals surface area (Å²) in [6, 6.07) is 14.3. The van der Waals surface area contributed by atoms with Gasteiger partial charge in [0, 0.05) is 30.8 Å². The molecule has 0 fully saturated rings. The predicted octanol–water partition coefficient (Wildman–Crippen LogP) is 4.52. The van der Waals surface area contributed by atoms with E-state index < -0.39 is 0 Å². The molecule has 0 amide bonds. The van der Waals surface area contributed by atoms with Gasteiger partial charge in [0.15, 0.2) is 5.82 Å². The highest BCUT2D eigenvalue weighted by molar-refractivity contribution is 5.95. The number of aryl methyl sites for hydroxylation is 1. The van der Waals surface area contributed by atoms with Crippen molar-refractivity contribution in [3.63, 3.8) is 0 Å². The minimum absolute atomic E-state index is 0.310. The zero-order valence-corrected chi connectivity index (χ0v) is 21.9. The number of anilines is 1. The van der Waals surface area contributed by atoms with Crippen LogP contribution in [0.15, 0.2) is 48.0 Å². The van der Waals surface area contributed by atoms with Crippen molar-refractivity contribution in [1.29, 1.82) is 0 Å². The summed E-state index contributed by atoms with van der Waals surface area (Å²) in [4.78, 5) is 14.6. The van der Waals surface area contributed by atoms with E-state index in [-0.39, 0.29) is 5.97 Å². The Labute approximate surface area is 218 Å². The van der Waals surface area contributed by atoms with E-state index in [1.54, 1.807) is 4.68 Å². The Morgan fingerprint density at radius 2 is 1.84 bits per heavy atom. The average molecular weight is 506 g/mol. The molecule has 0 aliphatic carbocycles. The lowest BCUT2D eigenvalue weighted by atomic mass is 10.0. The van der Waals surface area contributed by atoms with Crippen molar-refractivity contribution in [3.8, 4) is 16.9 Å². The maximum Gasteiger partial charge on any atom is 0.333 e. The van der Waals surface area contributed by atoms with Gasteiger partial charge < -0.3 is 19.1 Å². The van der Waals surface area contributed by atoms with Gasteiger partial charge >= 0.3 is 5.97 Å². The lowest BCUT2D eigenvalue weighted by Gasteiger charge is -2.25. The minimum Gasteiger partial charge on any atom is -0.491 e. The van der Waals surface area contributed by atoms with E-state index in [2.05, 4.69) is 45.5 Å². The van der Waals surface area contributed by atoms with E-state index in [0.29, 0.717) is 38.4 Å². The van der Waals surface area contributed by atoms with Gasteiger partial charge in [0.05, 0.1) is 13.7 Å². The van der Waals surface area contributed by atoms with Crippen molar-refractivity contribution in [2.45, 2.75) is 46.2 Å². The van der Waals surface area contributed by atoms with Gasteiger partial charge in [-0.15, -0.1) is 5.10 Å². The van der Waals surface area contributed by atoms with E-state index in [4.69, 9.17) is 14.2 Å². The first-order valence-electron chi connectivity index (χ1n) is 12.9. The van der Waals surface area contributed by atoms with Crippen LogP contribution >= 0.6 is 0 Å². The molecule has 0 saturated carbocycles. The Kier molecular flexibility index (Phi) is 9.26. The number of carbonyl (C=O) groups is 1. The van der Waals surface area contributed by atoms with Crippen molar-refractivity contribution < 1.29 is 19.0 Å². The molecule has 0 bridgehead atoms. The lowest BCUT2D eigenvalue weighted by Crippen LogP contribution is -2.29. The molecular weight excluding hydrogens is 470 g/mol. The molecule has 1 aliphatic rings. The molecule has 0 spiro atoms. The zero-order valence-electron chi connectivity index (χ0n) is 21.9. The fraction of sp³-hybridized carbons (Fsp3) is 0.429. The van der Waals surface area contributed by atoms with E-state index >= 15 is 0 Å². The number of ether oxygens (including phenoxy) is 3. The van der Waals surface area contributed by atoms with E-state index in [9.17, 15) is 4.79 Å². The van der Waals surface area contributed by atoms with Gasteiger partial charge in [-0.3, -0.25) is 0 Å². The van der Waals surface area contributed by atoms with Gasteiger partial charge in [-0.05, 0) is 70.3 Å². The van der Waals surface area contributed by atoms with Crippen LogP contribution in [0.4, 0.5) is 5.69 Å². The first kappa shape index (κ1) is 26.3. The molecule has 0 atom stereocenters. The summed E-state index contributed by atoms with van der Waals surface area (Å²) in [7, 11) is 1.42. The maximum atomic E-state index is 12.4. The fourth-order valence-electron chi connectivity index (χ4n) is 4.27. The SMILES string of the molecule is CCCCOCCOc1ccc(-c2ccc3c(c2)C=C(C(=O)OC)CCN3Cn2nnnc2CC)cc1. The van der Waals surface area contributed by atoms with Crippen LogP contribution in [0.2, 0.25) is 0 Å². The van der Waals surface area contributed by atoms with Crippen molar-refractivity contribution in [1.82, 2.24) is 20.2 Å². The van der Waals surface area contributed by atoms with Crippen LogP contribution < -0.4 is 9.64 Å². The number of nitrogens with zero attached hydrogens (tertiary/aromatic N) is 5. The molecule has 0 saturated heterocycles. The third-order valence-electron chi connectivity index (χ3n) is 6.35. The standard InChI is InChI=1S/C28H35N5O4/c1-4-6-15-36-16-17-37-25-10-7-21(8-11-25)22-9-12-26-24(18-22)19-23(28(34)35-3)13-14-32(26)20-33-27(5-2)29-30-31-33/h7-12,18-19H,4-6,13-17,20H2,1-3H3. The van der Waals surface area contributed by atoms with E-state index in [0.717, 1.165) is 59.8 Å². The number of hydrogen-bond acceptors (Lipinski definition) is 8. The third-order valence-corrected chi connectivity index (χ3v) is 6.35. The quantitative estimate of drug-likeness (QED) is 0.262. The number of methoxy groups -OCH3 is 1. The van der Waals surface area contributed by atoms with Gasteiger partial charge in [0.1, 0.15) is 19.0 Å². The van der Waals surface area contributed by atoms with Gasteiger partial charge in [-0.2, -0.15) is 0 Å². The highest BCUT2D eigenvalue weighted by atomic mass is 16.5. The normalized spacial score (nSPS) is 13.1. The molecule has 196 valence electrons. The second-order valence-electron chi connectivity index (χ2n) is 8.88. The van der Waals surface area contributed by atoms with Crippen molar-refractivity contribution in [2.75, 3.05) is 38.4 Å². The van der Waals surface area contributed by atoms with Crippen LogP contribution in [0.1, 0.15) is 44.5 Å². The number of carbonyl (C=O) groups excluding carboxylic acids is 1. The topological polar surface area (TPSA) is 91.6 Å². The van der Waals surface area contributed by atoms with Crippen molar-refractivity contribution >= 4 is 17.7 Å². The summed E-state index contributed by atoms with van der Waals surface area (Å²) in [6.07, 6.45) is 5.43. The van der Waals surface area contributed by atoms with Gasteiger partial charge in [-0.25, -0.2) is 9.48 Å². The molecule has 9 nitrogen and oxygen atoms in total. The molecule has 2 heterocycles. The number of fused-ring (bicyclic) bond motifs is 1. The Morgan fingerprint density at radius 3 is 2.59 bits per heavy atom. The monoisotopic (exact) mass is 505 g/mol. The number of esters is 1. The largest absolute Gasteiger partial charge is 0.491 e. The number of aromatic nitrogens is 4. The molecule has 0 unspecified atom stereocenters. The van der Waals surface area contributed by atoms with Crippen molar-refractivity contribution in [2.24, 2.45) is 0 Å². The zero-order chi connectivity index (χ0) is 26.0. The highest BCUT2D eigenvalue weighted by Gasteiger charge is 2.21. The number of unbranched alkanes of at least 4 members (excludes halogenated alkanes) is 1. The summed E-state index contributed by atoms with van der Waals surface area (Å²) >= 11 is 0. The number of benzene rings is 2. The molecule has 4 rings (SSSR count). The Balaban J connectivity index is 1.53. The lowest BCUT2D eigenvalue weighted by molar-refractivity contribution is -0.136. The minimum atomic E-state index is -0.310. The number of rotatable bonds is 12. The molecule has 3 aromatic rings. The number of hydrogen-bond donors (Lipinski definition) is 0. The van der Waals surface area contributed by atoms with Crippen LogP contribution in [-0.2, 0) is 27.4 Å². The second-order valence-corrected chi connectivity index (χ2v) is 8.88. The smallest absolute Gasteiger partial charge is 0.333 e. The maximum absolute atomic E-state index is 12.4. The van der Waals surface area contributed by atoms with Crippen LogP contribution in [0.5, 0.6) is 5.75 Å². The summed E-state index contributed by atoms with van der Waals surface area (Å²) in [6.45, 7) is 7.20. The second kappa shape index (κ2) is 13.0. The molecule has 0 radical (unpaired) electrons. The molecule has 2 aromatic carbocycles. The van der Waals surface area contributed by atoms with E-state index in [1.807, 2.05) is 37.3 Å². The van der Waals surface area contributed by atoms with Gasteiger partial charge in [0.25, 0.3) is 0 Å². The fourth-order valence-corrected chi connectivity index (χ4v) is 4.27. The molecule has 1 aliphatic heterocycles. The van der Waals surface area contributed by atoms with Crippen LogP contribution in [0.3, 0.4) is 0 Å². The first-order valence-corrected chi connectivity index (χ1v) is 12.9. The Bertz CT molecular complexity index is 1210. The third kappa shape index (κ3) is 6.74. The average Bonchev–Trinajstić information content (AvgIpc) is 3.31. The molecule has 1 aromatic heterocycles. The molecule has 9 heteroatoms. The Hall–Kier alpha value is -3.72. The van der Waals surface area contributed by atoms with Crippen LogP contribution in [0.25, 0.3) is 17.2 Å². The van der Waals surface area contributed by atoms with Crippen molar-refractivity contribution in [3.05, 3.63) is 59.4 Å². The molecule has 37 heavy (non-hydrogen) atoms. The molecule has 0 N–H and O–H groups in total. The predicted molar refractivity (Wildman–Crippen MR) is 142 cm³/mol. The summed E-state index contributed by atoms with van der Waals surface area (Å²) in [5.41, 5.74) is 4.72. The first-order chi connectivity index (χ1) is 18.1. The Morgan fingerprint density at radius 1 is 1.03 bits per heavy atom. The number of tetrazole rings is 1. The highest BCUT2D eigenvalue weighted by Crippen LogP contribution is 2.33. The van der Waals surface area contributed by atoms with Gasteiger partial charge in [0.2, 0.25) is 0 Å². The summed E-state index contributed by atoms with van der Waals surface area (Å²) < 4.78 is 18.2.